The third-order valence-electron chi connectivity index (χ3n) is 7.05. The number of hydrogen-bond acceptors (Lipinski definition) is 9. The molecule has 2 aliphatic rings. The quantitative estimate of drug-likeness (QED) is 0.135. The SMILES string of the molecule is Cc1ccc(S(=O)(=O)OC=CC2=C(C(=O)OC(c3ccccc3)c3ccccc3)N3C(=O)[C@@H](NC(=O)OC(C)(C)C)[C@H]3SC2)cc1. The molecule has 2 aliphatic heterocycles. The van der Waals surface area contributed by atoms with Crippen LogP contribution in [0.2, 0.25) is 0 Å². The van der Waals surface area contributed by atoms with Crippen LogP contribution in [0.25, 0.3) is 0 Å². The molecule has 5 rings (SSSR count). The predicted molar refractivity (Wildman–Crippen MR) is 173 cm³/mol. The van der Waals surface area contributed by atoms with Crippen LogP contribution in [0.15, 0.2) is 113 Å². The van der Waals surface area contributed by atoms with Gasteiger partial charge in [0.05, 0.1) is 0 Å². The summed E-state index contributed by atoms with van der Waals surface area (Å²) in [6, 6.07) is 23.6. The topological polar surface area (TPSA) is 128 Å². The van der Waals surface area contributed by atoms with Crippen LogP contribution in [0.3, 0.4) is 0 Å². The first-order valence-electron chi connectivity index (χ1n) is 14.5. The highest BCUT2D eigenvalue weighted by atomic mass is 32.2. The summed E-state index contributed by atoms with van der Waals surface area (Å²) in [6.07, 6.45) is 0.761. The number of thioether (sulfide) groups is 1. The lowest BCUT2D eigenvalue weighted by Gasteiger charge is -2.49. The molecule has 0 aliphatic carbocycles. The number of nitrogens with zero attached hydrogens (tertiary/aromatic N) is 1. The number of benzene rings is 3. The minimum absolute atomic E-state index is 0.0306. The molecule has 0 aromatic heterocycles. The van der Waals surface area contributed by atoms with Crippen LogP contribution >= 0.6 is 11.8 Å². The van der Waals surface area contributed by atoms with Gasteiger partial charge in [0, 0.05) is 5.75 Å². The number of amides is 2. The van der Waals surface area contributed by atoms with Gasteiger partial charge in [-0.05, 0) is 62.6 Å². The Balaban J connectivity index is 1.46. The number of aryl methyl sites for hydroxylation is 1. The predicted octanol–water partition coefficient (Wildman–Crippen LogP) is 5.61. The Morgan fingerprint density at radius 2 is 1.54 bits per heavy atom. The molecule has 1 N–H and O–H groups in total. The van der Waals surface area contributed by atoms with Gasteiger partial charge in [-0.1, -0.05) is 78.4 Å². The van der Waals surface area contributed by atoms with E-state index in [1.54, 1.807) is 32.9 Å². The summed E-state index contributed by atoms with van der Waals surface area (Å²) in [5.41, 5.74) is 1.79. The van der Waals surface area contributed by atoms with Crippen molar-refractivity contribution in [3.63, 3.8) is 0 Å². The summed E-state index contributed by atoms with van der Waals surface area (Å²) in [6.45, 7) is 6.97. The zero-order valence-corrected chi connectivity index (χ0v) is 27.3. The van der Waals surface area contributed by atoms with E-state index in [0.717, 1.165) is 11.8 Å². The Hall–Kier alpha value is -4.55. The van der Waals surface area contributed by atoms with Gasteiger partial charge in [-0.25, -0.2) is 9.59 Å². The second-order valence-electron chi connectivity index (χ2n) is 11.7. The van der Waals surface area contributed by atoms with E-state index in [2.05, 4.69) is 5.32 Å². The zero-order valence-electron chi connectivity index (χ0n) is 25.7. The number of fused-ring (bicyclic) bond motifs is 1. The zero-order chi connectivity index (χ0) is 33.1. The molecule has 240 valence electrons. The Morgan fingerprint density at radius 3 is 2.11 bits per heavy atom. The molecule has 0 saturated carbocycles. The monoisotopic (exact) mass is 662 g/mol. The van der Waals surface area contributed by atoms with E-state index in [-0.39, 0.29) is 16.3 Å². The lowest BCUT2D eigenvalue weighted by Crippen LogP contribution is -2.70. The van der Waals surface area contributed by atoms with Gasteiger partial charge in [-0.2, -0.15) is 8.42 Å². The highest BCUT2D eigenvalue weighted by Gasteiger charge is 2.55. The van der Waals surface area contributed by atoms with Crippen LogP contribution in [0, 0.1) is 6.92 Å². The fraction of sp³-hybridized carbons (Fsp3) is 0.265. The molecule has 12 heteroatoms. The molecule has 0 radical (unpaired) electrons. The maximum absolute atomic E-state index is 14.0. The second kappa shape index (κ2) is 13.4. The van der Waals surface area contributed by atoms with E-state index < -0.39 is 51.2 Å². The van der Waals surface area contributed by atoms with Crippen LogP contribution in [-0.4, -0.2) is 54.1 Å². The third kappa shape index (κ3) is 7.45. The van der Waals surface area contributed by atoms with Gasteiger partial charge in [0.2, 0.25) is 0 Å². The van der Waals surface area contributed by atoms with Gasteiger partial charge >= 0.3 is 22.2 Å². The Bertz CT molecular complexity index is 1730. The van der Waals surface area contributed by atoms with Crippen molar-refractivity contribution in [1.29, 1.82) is 0 Å². The highest BCUT2D eigenvalue weighted by molar-refractivity contribution is 8.00. The number of hydrogen-bond donors (Lipinski definition) is 1. The fourth-order valence-corrected chi connectivity index (χ4v) is 6.99. The van der Waals surface area contributed by atoms with Gasteiger partial charge in [0.25, 0.3) is 5.91 Å². The van der Waals surface area contributed by atoms with Gasteiger partial charge in [0.15, 0.2) is 6.10 Å². The Morgan fingerprint density at radius 1 is 0.957 bits per heavy atom. The number of rotatable bonds is 9. The van der Waals surface area contributed by atoms with E-state index >= 15 is 0 Å². The minimum atomic E-state index is -4.14. The molecule has 2 amide bonds. The van der Waals surface area contributed by atoms with Gasteiger partial charge in [-0.3, -0.25) is 9.69 Å². The first-order valence-corrected chi connectivity index (χ1v) is 16.9. The van der Waals surface area contributed by atoms with E-state index in [1.807, 2.05) is 67.6 Å². The van der Waals surface area contributed by atoms with Crippen LogP contribution in [0.5, 0.6) is 0 Å². The number of ether oxygens (including phenoxy) is 2. The van der Waals surface area contributed by atoms with Crippen molar-refractivity contribution in [2.75, 3.05) is 5.75 Å². The van der Waals surface area contributed by atoms with Crippen molar-refractivity contribution in [2.45, 2.75) is 55.7 Å². The van der Waals surface area contributed by atoms with E-state index in [0.29, 0.717) is 16.7 Å². The number of allylic oxidation sites excluding steroid dienone is 1. The summed E-state index contributed by atoms with van der Waals surface area (Å²) >= 11 is 1.29. The lowest BCUT2D eigenvalue weighted by molar-refractivity contribution is -0.153. The molecule has 46 heavy (non-hydrogen) atoms. The van der Waals surface area contributed by atoms with Crippen molar-refractivity contribution in [2.24, 2.45) is 0 Å². The highest BCUT2D eigenvalue weighted by Crippen LogP contribution is 2.42. The molecule has 0 bridgehead atoms. The average molecular weight is 663 g/mol. The van der Waals surface area contributed by atoms with Crippen LogP contribution in [0.4, 0.5) is 4.79 Å². The number of esters is 1. The number of carbonyl (C=O) groups is 3. The second-order valence-corrected chi connectivity index (χ2v) is 14.4. The number of alkyl carbamates (subject to hydrolysis) is 1. The standard InChI is InChI=1S/C34H34N2O8S2/c1-22-15-17-26(18-16-22)46(40,41)42-20-19-25-21-45-31-27(35-33(39)44-34(2,3)4)30(37)36(31)28(25)32(38)43-29(23-11-7-5-8-12-23)24-13-9-6-10-14-24/h5-20,27,29,31H,21H2,1-4H3,(H,35,39)/t27-,31-/m1/s1. The van der Waals surface area contributed by atoms with Crippen molar-refractivity contribution >= 4 is 39.8 Å². The number of nitrogens with one attached hydrogen (secondary N) is 1. The van der Waals surface area contributed by atoms with Gasteiger partial charge in [0.1, 0.15) is 33.9 Å². The molecule has 3 aromatic rings. The maximum Gasteiger partial charge on any atom is 0.408 e. The Kier molecular flexibility index (Phi) is 9.59. The minimum Gasteiger partial charge on any atom is -0.448 e. The molecule has 10 nitrogen and oxygen atoms in total. The van der Waals surface area contributed by atoms with Crippen molar-refractivity contribution < 1.29 is 36.5 Å². The molecule has 1 fully saturated rings. The summed E-state index contributed by atoms with van der Waals surface area (Å²) in [5.74, 6) is -1.14. The summed E-state index contributed by atoms with van der Waals surface area (Å²) in [7, 11) is -4.14. The first-order chi connectivity index (χ1) is 21.8. The van der Waals surface area contributed by atoms with Crippen LogP contribution in [0.1, 0.15) is 43.6 Å². The molecule has 2 heterocycles. The average Bonchev–Trinajstić information content (AvgIpc) is 3.02. The van der Waals surface area contributed by atoms with E-state index in [4.69, 9.17) is 13.7 Å². The van der Waals surface area contributed by atoms with Crippen molar-refractivity contribution in [3.8, 4) is 0 Å². The van der Waals surface area contributed by atoms with E-state index in [9.17, 15) is 22.8 Å². The van der Waals surface area contributed by atoms with Crippen molar-refractivity contribution in [3.05, 3.63) is 125 Å². The summed E-state index contributed by atoms with van der Waals surface area (Å²) in [5, 5.41) is 1.98. The molecule has 0 unspecified atom stereocenters. The first kappa shape index (κ1) is 32.8. The maximum atomic E-state index is 14.0. The molecule has 1 saturated heterocycles. The number of β-lactam (4-membered cyclic amide) rings is 1. The van der Waals surface area contributed by atoms with Crippen molar-refractivity contribution in [1.82, 2.24) is 10.2 Å². The normalized spacial score (nSPS) is 18.2. The summed E-state index contributed by atoms with van der Waals surface area (Å²) in [4.78, 5) is 41.2. The van der Waals surface area contributed by atoms with Crippen LogP contribution < -0.4 is 5.32 Å². The molecule has 0 spiro atoms. The fourth-order valence-electron chi connectivity index (χ4n) is 4.89. The smallest absolute Gasteiger partial charge is 0.408 e. The molecule has 3 aromatic carbocycles. The molecular weight excluding hydrogens is 629 g/mol. The van der Waals surface area contributed by atoms with Gasteiger partial charge < -0.3 is 19.0 Å². The van der Waals surface area contributed by atoms with E-state index in [1.165, 1.54) is 34.9 Å². The summed E-state index contributed by atoms with van der Waals surface area (Å²) < 4.78 is 42.1. The lowest BCUT2D eigenvalue weighted by atomic mass is 10.0. The van der Waals surface area contributed by atoms with Gasteiger partial charge in [-0.15, -0.1) is 11.8 Å². The molecular formula is C34H34N2O8S2. The van der Waals surface area contributed by atoms with Crippen LogP contribution in [-0.2, 0) is 33.4 Å². The third-order valence-corrected chi connectivity index (χ3v) is 9.57. The Labute approximate surface area is 272 Å². The molecule has 2 atom stereocenters. The largest absolute Gasteiger partial charge is 0.448 e. The number of carbonyl (C=O) groups excluding carboxylic acids is 3.